The molecular formula is C12H19ClN4OS. The van der Waals surface area contributed by atoms with E-state index in [9.17, 15) is 0 Å². The average molecular weight is 303 g/mol. The van der Waals surface area contributed by atoms with Gasteiger partial charge in [-0.1, -0.05) is 11.6 Å². The van der Waals surface area contributed by atoms with Gasteiger partial charge in [0.25, 0.3) is 0 Å². The van der Waals surface area contributed by atoms with Gasteiger partial charge in [0.2, 0.25) is 0 Å². The number of rotatable bonds is 6. The predicted octanol–water partition coefficient (Wildman–Crippen LogP) is 1.74. The number of anilines is 1. The molecule has 1 aromatic rings. The van der Waals surface area contributed by atoms with Gasteiger partial charge in [-0.05, 0) is 0 Å². The van der Waals surface area contributed by atoms with Crippen molar-refractivity contribution in [1.29, 1.82) is 0 Å². The van der Waals surface area contributed by atoms with Crippen LogP contribution in [0.1, 0.15) is 5.82 Å². The third-order valence-electron chi connectivity index (χ3n) is 2.85. The minimum absolute atomic E-state index is 0.374. The van der Waals surface area contributed by atoms with Crippen molar-refractivity contribution >= 4 is 29.2 Å². The van der Waals surface area contributed by atoms with E-state index in [-0.39, 0.29) is 0 Å². The summed E-state index contributed by atoms with van der Waals surface area (Å²) >= 11 is 7.98. The molecule has 1 fully saturated rings. The minimum Gasteiger partial charge on any atom is -0.377 e. The molecule has 1 aromatic heterocycles. The number of nitrogens with zero attached hydrogens (tertiary/aromatic N) is 3. The van der Waals surface area contributed by atoms with Crippen LogP contribution in [0.2, 0.25) is 5.15 Å². The Balaban J connectivity index is 1.81. The molecule has 106 valence electrons. The Kier molecular flexibility index (Phi) is 6.16. The molecule has 5 nitrogen and oxygen atoms in total. The van der Waals surface area contributed by atoms with Crippen molar-refractivity contribution in [2.24, 2.45) is 0 Å². The van der Waals surface area contributed by atoms with Gasteiger partial charge in [0.15, 0.2) is 5.82 Å². The van der Waals surface area contributed by atoms with Gasteiger partial charge in [0.05, 0.1) is 0 Å². The molecule has 0 atom stereocenters. The Hall–Kier alpha value is -0.560. The number of ether oxygens (including phenoxy) is 1. The summed E-state index contributed by atoms with van der Waals surface area (Å²) in [6, 6.07) is 1.74. The molecule has 19 heavy (non-hydrogen) atoms. The number of aromatic nitrogens is 2. The van der Waals surface area contributed by atoms with Crippen LogP contribution in [-0.4, -0.2) is 59.7 Å². The Morgan fingerprint density at radius 2 is 2.21 bits per heavy atom. The summed E-state index contributed by atoms with van der Waals surface area (Å²) in [5.74, 6) is 3.83. The van der Waals surface area contributed by atoms with E-state index in [1.54, 1.807) is 13.2 Å². The summed E-state index contributed by atoms with van der Waals surface area (Å²) in [5.41, 5.74) is 0. The van der Waals surface area contributed by atoms with Crippen molar-refractivity contribution in [3.8, 4) is 0 Å². The first-order chi connectivity index (χ1) is 9.28. The van der Waals surface area contributed by atoms with Crippen LogP contribution < -0.4 is 5.32 Å². The SMILES string of the molecule is COCc1nc(Cl)cc(NCCN2CCSCC2)n1. The average Bonchev–Trinajstić information content (AvgIpc) is 2.40. The molecule has 0 aliphatic carbocycles. The first-order valence-corrected chi connectivity index (χ1v) is 7.87. The molecular weight excluding hydrogens is 284 g/mol. The Labute approximate surface area is 123 Å². The quantitative estimate of drug-likeness (QED) is 0.808. The van der Waals surface area contributed by atoms with Crippen LogP contribution in [-0.2, 0) is 11.3 Å². The maximum absolute atomic E-state index is 5.95. The standard InChI is InChI=1S/C12H19ClN4OS/c1-18-9-12-15-10(13)8-11(16-12)14-2-3-17-4-6-19-7-5-17/h8H,2-7,9H2,1H3,(H,14,15,16). The zero-order chi connectivity index (χ0) is 13.5. The van der Waals surface area contributed by atoms with Gasteiger partial charge >= 0.3 is 0 Å². The fraction of sp³-hybridized carbons (Fsp3) is 0.667. The highest BCUT2D eigenvalue weighted by Gasteiger charge is 2.09. The highest BCUT2D eigenvalue weighted by atomic mass is 35.5. The molecule has 2 heterocycles. The summed E-state index contributed by atoms with van der Waals surface area (Å²) < 4.78 is 5.02. The molecule has 7 heteroatoms. The van der Waals surface area contributed by atoms with Crippen LogP contribution in [0.25, 0.3) is 0 Å². The molecule has 1 saturated heterocycles. The first kappa shape index (κ1) is 14.8. The second kappa shape index (κ2) is 7.89. The summed E-state index contributed by atoms with van der Waals surface area (Å²) in [5, 5.41) is 3.74. The summed E-state index contributed by atoms with van der Waals surface area (Å²) in [4.78, 5) is 10.9. The van der Waals surface area contributed by atoms with Crippen molar-refractivity contribution in [1.82, 2.24) is 14.9 Å². The van der Waals surface area contributed by atoms with Gasteiger partial charge in [0.1, 0.15) is 17.6 Å². The van der Waals surface area contributed by atoms with Crippen LogP contribution in [0.15, 0.2) is 6.07 Å². The van der Waals surface area contributed by atoms with Gasteiger partial charge in [-0.2, -0.15) is 11.8 Å². The molecule has 0 aromatic carbocycles. The highest BCUT2D eigenvalue weighted by molar-refractivity contribution is 7.99. The lowest BCUT2D eigenvalue weighted by Crippen LogP contribution is -2.36. The summed E-state index contributed by atoms with van der Waals surface area (Å²) in [6.45, 7) is 4.61. The molecule has 0 radical (unpaired) electrons. The van der Waals surface area contributed by atoms with Crippen molar-refractivity contribution < 1.29 is 4.74 Å². The molecule has 0 amide bonds. The maximum atomic E-state index is 5.95. The molecule has 1 N–H and O–H groups in total. The summed E-state index contributed by atoms with van der Waals surface area (Å²) in [7, 11) is 1.62. The number of thioether (sulfide) groups is 1. The number of methoxy groups -OCH3 is 1. The number of hydrogen-bond donors (Lipinski definition) is 1. The molecule has 1 aliphatic heterocycles. The lowest BCUT2D eigenvalue weighted by atomic mass is 10.4. The third kappa shape index (κ3) is 5.14. The minimum atomic E-state index is 0.374. The van der Waals surface area contributed by atoms with Crippen LogP contribution in [0.4, 0.5) is 5.82 Å². The van der Waals surface area contributed by atoms with Gasteiger partial charge in [-0.3, -0.25) is 4.90 Å². The highest BCUT2D eigenvalue weighted by Crippen LogP contribution is 2.12. The van der Waals surface area contributed by atoms with Crippen LogP contribution in [0.3, 0.4) is 0 Å². The number of hydrogen-bond acceptors (Lipinski definition) is 6. The van der Waals surface area contributed by atoms with Crippen molar-refractivity contribution in [2.45, 2.75) is 6.61 Å². The topological polar surface area (TPSA) is 50.3 Å². The Morgan fingerprint density at radius 1 is 1.42 bits per heavy atom. The monoisotopic (exact) mass is 302 g/mol. The van der Waals surface area contributed by atoms with E-state index in [0.717, 1.165) is 18.9 Å². The van der Waals surface area contributed by atoms with E-state index in [0.29, 0.717) is 17.6 Å². The Morgan fingerprint density at radius 3 is 2.95 bits per heavy atom. The molecule has 0 spiro atoms. The lowest BCUT2D eigenvalue weighted by molar-refractivity contribution is 0.178. The van der Waals surface area contributed by atoms with Crippen LogP contribution >= 0.6 is 23.4 Å². The van der Waals surface area contributed by atoms with E-state index in [1.807, 2.05) is 11.8 Å². The Bertz CT molecular complexity index is 401. The second-order valence-electron chi connectivity index (χ2n) is 4.31. The smallest absolute Gasteiger partial charge is 0.158 e. The molecule has 0 unspecified atom stereocenters. The van der Waals surface area contributed by atoms with Crippen molar-refractivity contribution in [3.05, 3.63) is 17.0 Å². The van der Waals surface area contributed by atoms with Crippen molar-refractivity contribution in [2.75, 3.05) is 50.1 Å². The predicted molar refractivity (Wildman–Crippen MR) is 80.0 cm³/mol. The number of nitrogens with one attached hydrogen (secondary N) is 1. The zero-order valence-electron chi connectivity index (χ0n) is 11.1. The molecule has 0 saturated carbocycles. The van der Waals surface area contributed by atoms with E-state index in [2.05, 4.69) is 20.2 Å². The fourth-order valence-electron chi connectivity index (χ4n) is 1.92. The molecule has 0 bridgehead atoms. The molecule has 1 aliphatic rings. The second-order valence-corrected chi connectivity index (χ2v) is 5.92. The van der Waals surface area contributed by atoms with E-state index >= 15 is 0 Å². The fourth-order valence-corrected chi connectivity index (χ4v) is 3.10. The zero-order valence-corrected chi connectivity index (χ0v) is 12.6. The molecule has 2 rings (SSSR count). The maximum Gasteiger partial charge on any atom is 0.158 e. The lowest BCUT2D eigenvalue weighted by Gasteiger charge is -2.26. The number of halogens is 1. The largest absolute Gasteiger partial charge is 0.377 e. The van der Waals surface area contributed by atoms with Gasteiger partial charge in [-0.25, -0.2) is 9.97 Å². The van der Waals surface area contributed by atoms with Crippen LogP contribution in [0.5, 0.6) is 0 Å². The van der Waals surface area contributed by atoms with Gasteiger partial charge in [0, 0.05) is 50.9 Å². The van der Waals surface area contributed by atoms with Gasteiger partial charge < -0.3 is 10.1 Å². The van der Waals surface area contributed by atoms with Crippen LogP contribution in [0, 0.1) is 0 Å². The van der Waals surface area contributed by atoms with E-state index in [1.165, 1.54) is 24.6 Å². The van der Waals surface area contributed by atoms with E-state index in [4.69, 9.17) is 16.3 Å². The van der Waals surface area contributed by atoms with E-state index < -0.39 is 0 Å². The normalized spacial score (nSPS) is 16.5. The first-order valence-electron chi connectivity index (χ1n) is 6.34. The van der Waals surface area contributed by atoms with Gasteiger partial charge in [-0.15, -0.1) is 0 Å². The third-order valence-corrected chi connectivity index (χ3v) is 3.99. The summed E-state index contributed by atoms with van der Waals surface area (Å²) in [6.07, 6.45) is 0. The van der Waals surface area contributed by atoms with Crippen molar-refractivity contribution in [3.63, 3.8) is 0 Å².